The maximum atomic E-state index is 12.2. The fourth-order valence-electron chi connectivity index (χ4n) is 4.54. The highest BCUT2D eigenvalue weighted by Crippen LogP contribution is 2.38. The van der Waals surface area contributed by atoms with Crippen molar-refractivity contribution in [1.82, 2.24) is 20.6 Å². The van der Waals surface area contributed by atoms with Gasteiger partial charge in [-0.15, -0.1) is 11.3 Å². The first-order valence-corrected chi connectivity index (χ1v) is 12.5. The lowest BCUT2D eigenvalue weighted by atomic mass is 9.73. The molecule has 1 aliphatic rings. The van der Waals surface area contributed by atoms with Crippen LogP contribution in [0.2, 0.25) is 5.02 Å². The van der Waals surface area contributed by atoms with E-state index in [-0.39, 0.29) is 5.91 Å². The summed E-state index contributed by atoms with van der Waals surface area (Å²) in [6, 6.07) is 7.73. The van der Waals surface area contributed by atoms with Crippen LogP contribution < -0.4 is 16.0 Å². The summed E-state index contributed by atoms with van der Waals surface area (Å²) in [5.41, 5.74) is 1.81. The first kappa shape index (κ1) is 23.0. The van der Waals surface area contributed by atoms with E-state index in [0.717, 1.165) is 41.0 Å². The molecule has 1 aliphatic heterocycles. The molecule has 0 radical (unpaired) electrons. The van der Waals surface area contributed by atoms with Crippen molar-refractivity contribution in [1.29, 1.82) is 0 Å². The molecule has 0 unspecified atom stereocenters. The number of anilines is 1. The van der Waals surface area contributed by atoms with Crippen LogP contribution in [0, 0.1) is 5.41 Å². The van der Waals surface area contributed by atoms with Crippen molar-refractivity contribution in [3.8, 4) is 10.6 Å². The molecule has 170 valence electrons. The van der Waals surface area contributed by atoms with Crippen LogP contribution in [0.1, 0.15) is 49.4 Å². The lowest BCUT2D eigenvalue weighted by Gasteiger charge is -2.37. The topological polar surface area (TPSA) is 78.9 Å². The monoisotopic (exact) mass is 471 g/mol. The van der Waals surface area contributed by atoms with Crippen LogP contribution in [0.25, 0.3) is 20.7 Å². The second-order valence-corrected chi connectivity index (χ2v) is 9.92. The van der Waals surface area contributed by atoms with Crippen molar-refractivity contribution in [2.45, 2.75) is 39.0 Å². The van der Waals surface area contributed by atoms with Gasteiger partial charge in [0.15, 0.2) is 0 Å². The SMILES string of the molecule is CCC1(CCCNc2ncc(Cl)c(-c3cc4c(C(=O)NC)cccc4s3)n2)CCNCC1. The molecular formula is C24H30ClN5OS. The average Bonchev–Trinajstić information content (AvgIpc) is 3.27. The summed E-state index contributed by atoms with van der Waals surface area (Å²) in [5.74, 6) is 0.485. The van der Waals surface area contributed by atoms with E-state index in [1.807, 2.05) is 24.3 Å². The van der Waals surface area contributed by atoms with Crippen molar-refractivity contribution in [2.75, 3.05) is 32.0 Å². The second kappa shape index (κ2) is 10.1. The normalized spacial score (nSPS) is 15.6. The third-order valence-corrected chi connectivity index (χ3v) is 7.98. The number of aromatic nitrogens is 2. The molecule has 2 aromatic heterocycles. The van der Waals surface area contributed by atoms with Gasteiger partial charge in [0.25, 0.3) is 5.91 Å². The van der Waals surface area contributed by atoms with E-state index in [4.69, 9.17) is 16.6 Å². The Bertz CT molecular complexity index is 1090. The third-order valence-electron chi connectivity index (χ3n) is 6.59. The number of nitrogens with zero attached hydrogens (tertiary/aromatic N) is 2. The minimum atomic E-state index is -0.102. The Morgan fingerprint density at radius 3 is 2.88 bits per heavy atom. The molecule has 0 atom stereocenters. The largest absolute Gasteiger partial charge is 0.355 e. The molecule has 32 heavy (non-hydrogen) atoms. The van der Waals surface area contributed by atoms with Crippen LogP contribution >= 0.6 is 22.9 Å². The Morgan fingerprint density at radius 2 is 2.12 bits per heavy atom. The fourth-order valence-corrected chi connectivity index (χ4v) is 5.88. The van der Waals surface area contributed by atoms with Gasteiger partial charge in [-0.1, -0.05) is 31.0 Å². The quantitative estimate of drug-likeness (QED) is 0.386. The predicted octanol–water partition coefficient (Wildman–Crippen LogP) is 5.34. The van der Waals surface area contributed by atoms with Gasteiger partial charge >= 0.3 is 0 Å². The zero-order valence-electron chi connectivity index (χ0n) is 18.6. The molecule has 3 heterocycles. The molecular weight excluding hydrogens is 442 g/mol. The lowest BCUT2D eigenvalue weighted by Crippen LogP contribution is -2.36. The van der Waals surface area contributed by atoms with Gasteiger partial charge in [-0.3, -0.25) is 4.79 Å². The van der Waals surface area contributed by atoms with Crippen molar-refractivity contribution < 1.29 is 4.79 Å². The van der Waals surface area contributed by atoms with Gasteiger partial charge in [0, 0.05) is 29.2 Å². The van der Waals surface area contributed by atoms with Crippen molar-refractivity contribution >= 4 is 44.9 Å². The number of fused-ring (bicyclic) bond motifs is 1. The molecule has 0 spiro atoms. The summed E-state index contributed by atoms with van der Waals surface area (Å²) in [5, 5.41) is 11.0. The number of hydrogen-bond donors (Lipinski definition) is 3. The van der Waals surface area contributed by atoms with Crippen LogP contribution in [-0.2, 0) is 0 Å². The highest BCUT2D eigenvalue weighted by molar-refractivity contribution is 7.22. The Balaban J connectivity index is 1.48. The molecule has 1 aromatic carbocycles. The summed E-state index contributed by atoms with van der Waals surface area (Å²) in [6.07, 6.45) is 7.71. The van der Waals surface area contributed by atoms with Crippen LogP contribution in [0.3, 0.4) is 0 Å². The molecule has 0 bridgehead atoms. The third kappa shape index (κ3) is 4.90. The van der Waals surface area contributed by atoms with Gasteiger partial charge in [-0.05, 0) is 62.4 Å². The Labute approximate surface area is 198 Å². The number of rotatable bonds is 8. The molecule has 1 fully saturated rings. The van der Waals surface area contributed by atoms with Crippen LogP contribution in [0.5, 0.6) is 0 Å². The minimum Gasteiger partial charge on any atom is -0.355 e. The molecule has 3 aromatic rings. The summed E-state index contributed by atoms with van der Waals surface area (Å²) in [4.78, 5) is 22.2. The van der Waals surface area contributed by atoms with Crippen LogP contribution in [0.4, 0.5) is 5.95 Å². The number of hydrogen-bond acceptors (Lipinski definition) is 6. The van der Waals surface area contributed by atoms with Crippen LogP contribution in [0.15, 0.2) is 30.5 Å². The average molecular weight is 472 g/mol. The number of piperidine rings is 1. The van der Waals surface area contributed by atoms with Crippen molar-refractivity contribution in [2.24, 2.45) is 5.41 Å². The Hall–Kier alpha value is -2.22. The van der Waals surface area contributed by atoms with Gasteiger partial charge in [0.05, 0.1) is 16.1 Å². The minimum absolute atomic E-state index is 0.102. The van der Waals surface area contributed by atoms with Crippen LogP contribution in [-0.4, -0.2) is 42.6 Å². The molecule has 4 rings (SSSR count). The highest BCUT2D eigenvalue weighted by Gasteiger charge is 2.29. The van der Waals surface area contributed by atoms with Gasteiger partial charge < -0.3 is 16.0 Å². The Morgan fingerprint density at radius 1 is 1.31 bits per heavy atom. The van der Waals surface area contributed by atoms with Gasteiger partial charge in [-0.25, -0.2) is 9.97 Å². The van der Waals surface area contributed by atoms with E-state index >= 15 is 0 Å². The molecule has 0 aliphatic carbocycles. The predicted molar refractivity (Wildman–Crippen MR) is 134 cm³/mol. The molecule has 1 saturated heterocycles. The second-order valence-electron chi connectivity index (χ2n) is 8.43. The number of nitrogens with one attached hydrogen (secondary N) is 3. The smallest absolute Gasteiger partial charge is 0.251 e. The molecule has 0 saturated carbocycles. The fraction of sp³-hybridized carbons (Fsp3) is 0.458. The van der Waals surface area contributed by atoms with Crippen molar-refractivity contribution in [3.63, 3.8) is 0 Å². The van der Waals surface area contributed by atoms with Gasteiger partial charge in [0.2, 0.25) is 5.95 Å². The summed E-state index contributed by atoms with van der Waals surface area (Å²) < 4.78 is 1.03. The number of amides is 1. The summed E-state index contributed by atoms with van der Waals surface area (Å²) in [7, 11) is 1.64. The summed E-state index contributed by atoms with van der Waals surface area (Å²) in [6.45, 7) is 5.40. The Kier molecular flexibility index (Phi) is 7.28. The van der Waals surface area contributed by atoms with E-state index in [1.54, 1.807) is 24.6 Å². The first-order chi connectivity index (χ1) is 15.5. The molecule has 8 heteroatoms. The van der Waals surface area contributed by atoms with E-state index in [9.17, 15) is 4.79 Å². The number of benzene rings is 1. The number of carbonyl (C=O) groups is 1. The van der Waals surface area contributed by atoms with E-state index in [2.05, 4.69) is 27.9 Å². The highest BCUT2D eigenvalue weighted by atomic mass is 35.5. The molecule has 3 N–H and O–H groups in total. The summed E-state index contributed by atoms with van der Waals surface area (Å²) >= 11 is 8.03. The van der Waals surface area contributed by atoms with Gasteiger partial charge in [0.1, 0.15) is 5.69 Å². The van der Waals surface area contributed by atoms with E-state index in [0.29, 0.717) is 27.6 Å². The number of carbonyl (C=O) groups excluding carboxylic acids is 1. The number of halogens is 1. The lowest BCUT2D eigenvalue weighted by molar-refractivity contribution is 0.0964. The van der Waals surface area contributed by atoms with E-state index in [1.165, 1.54) is 25.7 Å². The van der Waals surface area contributed by atoms with Gasteiger partial charge in [-0.2, -0.15) is 0 Å². The zero-order chi connectivity index (χ0) is 22.6. The molecule has 6 nitrogen and oxygen atoms in total. The first-order valence-electron chi connectivity index (χ1n) is 11.3. The maximum Gasteiger partial charge on any atom is 0.251 e. The maximum absolute atomic E-state index is 12.2. The van der Waals surface area contributed by atoms with E-state index < -0.39 is 0 Å². The zero-order valence-corrected chi connectivity index (χ0v) is 20.2. The number of thiophene rings is 1. The standard InChI is InChI=1S/C24H30ClN5OS/c1-3-24(9-12-27-13-10-24)8-5-11-28-23-29-15-18(25)21(30-23)20-14-17-16(22(31)26-2)6-4-7-19(17)32-20/h4,6-7,14-15,27H,3,5,8-13H2,1-2H3,(H,26,31)(H,28,29,30). The molecule has 1 amide bonds. The van der Waals surface area contributed by atoms with Crippen molar-refractivity contribution in [3.05, 3.63) is 41.0 Å².